The largest absolute Gasteiger partial charge is 0.497 e. The third-order valence-electron chi connectivity index (χ3n) is 3.62. The maximum Gasteiger partial charge on any atom is 0.196 e. The zero-order chi connectivity index (χ0) is 15.9. The lowest BCUT2D eigenvalue weighted by Crippen LogP contribution is -2.09. The molecule has 0 saturated carbocycles. The molecule has 0 aliphatic heterocycles. The number of methoxy groups -OCH3 is 1. The zero-order valence-electron chi connectivity index (χ0n) is 12.3. The summed E-state index contributed by atoms with van der Waals surface area (Å²) in [6.45, 7) is 1.73. The number of anilines is 2. The molecule has 2 aromatic carbocycles. The summed E-state index contributed by atoms with van der Waals surface area (Å²) in [5.74, 6) is 1.23. The van der Waals surface area contributed by atoms with Gasteiger partial charge in [0.05, 0.1) is 18.2 Å². The van der Waals surface area contributed by atoms with Gasteiger partial charge in [-0.25, -0.2) is 0 Å². The fourth-order valence-electron chi connectivity index (χ4n) is 2.46. The Morgan fingerprint density at radius 2 is 1.77 bits per heavy atom. The fraction of sp³-hybridized carbons (Fsp3) is 0.118. The van der Waals surface area contributed by atoms with Crippen LogP contribution in [0.15, 0.2) is 45.6 Å². The van der Waals surface area contributed by atoms with Crippen molar-refractivity contribution in [3.8, 4) is 17.1 Å². The summed E-state index contributed by atoms with van der Waals surface area (Å²) in [4.78, 5) is 12.6. The Morgan fingerprint density at radius 1 is 1.09 bits per heavy atom. The van der Waals surface area contributed by atoms with E-state index in [9.17, 15) is 4.79 Å². The Bertz CT molecular complexity index is 912. The van der Waals surface area contributed by atoms with Gasteiger partial charge < -0.3 is 20.6 Å². The van der Waals surface area contributed by atoms with Crippen LogP contribution in [0.5, 0.6) is 5.75 Å². The van der Waals surface area contributed by atoms with Crippen molar-refractivity contribution in [2.75, 3.05) is 18.6 Å². The molecule has 1 aromatic heterocycles. The maximum atomic E-state index is 12.6. The van der Waals surface area contributed by atoms with Gasteiger partial charge in [-0.15, -0.1) is 0 Å². The fourth-order valence-corrected chi connectivity index (χ4v) is 2.46. The van der Waals surface area contributed by atoms with Crippen LogP contribution in [0.1, 0.15) is 5.56 Å². The average Bonchev–Trinajstić information content (AvgIpc) is 2.51. The van der Waals surface area contributed by atoms with Crippen LogP contribution in [-0.4, -0.2) is 7.11 Å². The van der Waals surface area contributed by atoms with Crippen LogP contribution in [0.4, 0.5) is 11.4 Å². The van der Waals surface area contributed by atoms with E-state index in [4.69, 9.17) is 20.6 Å². The molecule has 0 fully saturated rings. The van der Waals surface area contributed by atoms with Gasteiger partial charge >= 0.3 is 0 Å². The second-order valence-electron chi connectivity index (χ2n) is 5.10. The molecule has 0 amide bonds. The smallest absolute Gasteiger partial charge is 0.196 e. The van der Waals surface area contributed by atoms with Crippen LogP contribution in [0.2, 0.25) is 0 Å². The van der Waals surface area contributed by atoms with Gasteiger partial charge in [0, 0.05) is 16.8 Å². The molecule has 5 nitrogen and oxygen atoms in total. The highest BCUT2D eigenvalue weighted by Crippen LogP contribution is 2.30. The second kappa shape index (κ2) is 5.11. The van der Waals surface area contributed by atoms with E-state index >= 15 is 0 Å². The van der Waals surface area contributed by atoms with Crippen molar-refractivity contribution >= 4 is 22.3 Å². The minimum atomic E-state index is -0.133. The highest BCUT2D eigenvalue weighted by molar-refractivity contribution is 5.92. The summed E-state index contributed by atoms with van der Waals surface area (Å²) in [5.41, 5.74) is 14.0. The van der Waals surface area contributed by atoms with Crippen molar-refractivity contribution in [3.63, 3.8) is 0 Å². The predicted molar refractivity (Wildman–Crippen MR) is 88.0 cm³/mol. The summed E-state index contributed by atoms with van der Waals surface area (Å²) in [6, 6.07) is 10.5. The second-order valence-corrected chi connectivity index (χ2v) is 5.10. The van der Waals surface area contributed by atoms with Crippen LogP contribution >= 0.6 is 0 Å². The number of ether oxygens (including phenoxy) is 1. The standard InChI is InChI=1S/C17H16N2O3/c1-9-15(20)13-7-11(18)8-14(19)17(13)22-16(9)10-3-5-12(21-2)6-4-10/h3-8H,18-19H2,1-2H3. The molecular weight excluding hydrogens is 280 g/mol. The highest BCUT2D eigenvalue weighted by Gasteiger charge is 2.15. The zero-order valence-corrected chi connectivity index (χ0v) is 12.3. The quantitative estimate of drug-likeness (QED) is 0.709. The van der Waals surface area contributed by atoms with Gasteiger partial charge in [0.2, 0.25) is 0 Å². The molecule has 0 atom stereocenters. The lowest BCUT2D eigenvalue weighted by atomic mass is 10.0. The van der Waals surface area contributed by atoms with E-state index in [1.807, 2.05) is 24.3 Å². The first-order chi connectivity index (χ1) is 10.5. The minimum Gasteiger partial charge on any atom is -0.497 e. The van der Waals surface area contributed by atoms with E-state index in [0.717, 1.165) is 11.3 Å². The molecule has 22 heavy (non-hydrogen) atoms. The molecule has 112 valence electrons. The predicted octanol–water partition coefficient (Wildman–Crippen LogP) is 2.94. The lowest BCUT2D eigenvalue weighted by molar-refractivity contribution is 0.415. The van der Waals surface area contributed by atoms with Crippen LogP contribution < -0.4 is 21.6 Å². The van der Waals surface area contributed by atoms with Crippen LogP contribution in [0.25, 0.3) is 22.3 Å². The molecule has 0 spiro atoms. The van der Waals surface area contributed by atoms with Crippen LogP contribution in [0, 0.1) is 6.92 Å². The van der Waals surface area contributed by atoms with Gasteiger partial charge in [-0.1, -0.05) is 0 Å². The van der Waals surface area contributed by atoms with E-state index in [2.05, 4.69) is 0 Å². The van der Waals surface area contributed by atoms with E-state index in [0.29, 0.717) is 33.7 Å². The molecule has 3 rings (SSSR count). The Labute approximate surface area is 127 Å². The van der Waals surface area contributed by atoms with E-state index in [1.165, 1.54) is 0 Å². The number of rotatable bonds is 2. The molecule has 4 N–H and O–H groups in total. The van der Waals surface area contributed by atoms with Crippen molar-refractivity contribution in [1.82, 2.24) is 0 Å². The minimum absolute atomic E-state index is 0.133. The average molecular weight is 296 g/mol. The van der Waals surface area contributed by atoms with Crippen molar-refractivity contribution in [3.05, 3.63) is 52.2 Å². The maximum absolute atomic E-state index is 12.6. The first kappa shape index (κ1) is 14.0. The summed E-state index contributed by atoms with van der Waals surface area (Å²) in [7, 11) is 1.60. The van der Waals surface area contributed by atoms with Gasteiger partial charge in [0.25, 0.3) is 0 Å². The molecule has 5 heteroatoms. The van der Waals surface area contributed by atoms with Crippen molar-refractivity contribution in [2.24, 2.45) is 0 Å². The molecule has 0 bridgehead atoms. The summed E-state index contributed by atoms with van der Waals surface area (Å²) < 4.78 is 11.0. The van der Waals surface area contributed by atoms with Crippen LogP contribution in [0.3, 0.4) is 0 Å². The van der Waals surface area contributed by atoms with Crippen LogP contribution in [-0.2, 0) is 0 Å². The van der Waals surface area contributed by atoms with E-state index in [-0.39, 0.29) is 5.43 Å². The van der Waals surface area contributed by atoms with Crippen molar-refractivity contribution < 1.29 is 9.15 Å². The van der Waals surface area contributed by atoms with E-state index < -0.39 is 0 Å². The Morgan fingerprint density at radius 3 is 2.41 bits per heavy atom. The molecule has 0 unspecified atom stereocenters. The first-order valence-electron chi connectivity index (χ1n) is 6.78. The number of hydrogen-bond acceptors (Lipinski definition) is 5. The molecule has 0 aliphatic carbocycles. The Balaban J connectivity index is 2.30. The number of hydrogen-bond donors (Lipinski definition) is 2. The topological polar surface area (TPSA) is 91.5 Å². The summed E-state index contributed by atoms with van der Waals surface area (Å²) >= 11 is 0. The SMILES string of the molecule is COc1ccc(-c2oc3c(N)cc(N)cc3c(=O)c2C)cc1. The van der Waals surface area contributed by atoms with Gasteiger partial charge in [-0.05, 0) is 43.3 Å². The monoisotopic (exact) mass is 296 g/mol. The number of benzene rings is 2. The van der Waals surface area contributed by atoms with Crippen molar-refractivity contribution in [1.29, 1.82) is 0 Å². The van der Waals surface area contributed by atoms with E-state index in [1.54, 1.807) is 26.2 Å². The first-order valence-corrected chi connectivity index (χ1v) is 6.78. The number of nitrogens with two attached hydrogens (primary N) is 2. The van der Waals surface area contributed by atoms with Gasteiger partial charge in [0.1, 0.15) is 11.5 Å². The summed E-state index contributed by atoms with van der Waals surface area (Å²) in [6.07, 6.45) is 0. The third-order valence-corrected chi connectivity index (χ3v) is 3.62. The number of fused-ring (bicyclic) bond motifs is 1. The highest BCUT2D eigenvalue weighted by atomic mass is 16.5. The van der Waals surface area contributed by atoms with Crippen molar-refractivity contribution in [2.45, 2.75) is 6.92 Å². The Hall–Kier alpha value is -2.95. The Kier molecular flexibility index (Phi) is 3.25. The molecule has 0 aliphatic rings. The van der Waals surface area contributed by atoms with Gasteiger partial charge in [-0.2, -0.15) is 0 Å². The molecule has 1 heterocycles. The normalized spacial score (nSPS) is 10.8. The number of nitrogen functional groups attached to an aromatic ring is 2. The van der Waals surface area contributed by atoms with Gasteiger partial charge in [0.15, 0.2) is 11.0 Å². The molecule has 0 saturated heterocycles. The lowest BCUT2D eigenvalue weighted by Gasteiger charge is -2.10. The third kappa shape index (κ3) is 2.16. The molecule has 3 aromatic rings. The van der Waals surface area contributed by atoms with Gasteiger partial charge in [-0.3, -0.25) is 4.79 Å². The molecule has 0 radical (unpaired) electrons. The summed E-state index contributed by atoms with van der Waals surface area (Å²) in [5, 5.41) is 0.396. The molecular formula is C17H16N2O3.